The number of thiophene rings is 1. The Hall–Kier alpha value is -1.57. The zero-order valence-corrected chi connectivity index (χ0v) is 14.7. The van der Waals surface area contributed by atoms with Crippen molar-refractivity contribution in [1.29, 1.82) is 0 Å². The minimum Gasteiger partial charge on any atom is -0.351 e. The summed E-state index contributed by atoms with van der Waals surface area (Å²) in [5.41, 5.74) is 1.61. The topological polar surface area (TPSA) is 54.9 Å². The lowest BCUT2D eigenvalue weighted by Gasteiger charge is -2.01. The van der Waals surface area contributed by atoms with Crippen LogP contribution in [-0.2, 0) is 17.8 Å². The molecule has 0 saturated carbocycles. The van der Waals surface area contributed by atoms with E-state index in [-0.39, 0.29) is 12.3 Å². The van der Waals surface area contributed by atoms with Gasteiger partial charge in [-0.25, -0.2) is 4.98 Å². The second-order valence-corrected chi connectivity index (χ2v) is 7.92. The van der Waals surface area contributed by atoms with Crippen LogP contribution in [0.1, 0.15) is 10.6 Å². The van der Waals surface area contributed by atoms with E-state index in [1.165, 1.54) is 11.3 Å². The Labute approximate surface area is 144 Å². The van der Waals surface area contributed by atoms with Crippen LogP contribution in [0.25, 0.3) is 10.7 Å². The number of halogens is 1. The molecule has 0 aliphatic carbocycles. The number of rotatable bonds is 5. The number of aromatic nitrogens is 2. The van der Waals surface area contributed by atoms with Gasteiger partial charge in [-0.2, -0.15) is 0 Å². The Balaban J connectivity index is 1.57. The normalized spacial score (nSPS) is 10.6. The van der Waals surface area contributed by atoms with E-state index < -0.39 is 0 Å². The van der Waals surface area contributed by atoms with Gasteiger partial charge in [-0.3, -0.25) is 9.78 Å². The van der Waals surface area contributed by atoms with Crippen molar-refractivity contribution in [2.24, 2.45) is 0 Å². The van der Waals surface area contributed by atoms with Crippen molar-refractivity contribution in [1.82, 2.24) is 15.3 Å². The molecule has 0 radical (unpaired) electrons. The number of pyridine rings is 1. The smallest absolute Gasteiger partial charge is 0.226 e. The zero-order chi connectivity index (χ0) is 15.4. The summed E-state index contributed by atoms with van der Waals surface area (Å²) >= 11 is 6.53. The van der Waals surface area contributed by atoms with Crippen LogP contribution >= 0.6 is 38.6 Å². The Bertz CT molecular complexity index is 770. The maximum absolute atomic E-state index is 12.0. The number of hydrogen-bond donors (Lipinski definition) is 1. The standard InChI is InChI=1S/C15H12BrN3OS2/c16-13-5-4-11(22-13)8-18-14(20)7-10-9-21-15(19-10)12-3-1-2-6-17-12/h1-6,9H,7-8H2,(H,18,20). The molecule has 3 heterocycles. The quantitative estimate of drug-likeness (QED) is 0.715. The van der Waals surface area contributed by atoms with Crippen LogP contribution in [0.3, 0.4) is 0 Å². The summed E-state index contributed by atoms with van der Waals surface area (Å²) < 4.78 is 1.07. The molecule has 22 heavy (non-hydrogen) atoms. The van der Waals surface area contributed by atoms with E-state index in [2.05, 4.69) is 31.2 Å². The van der Waals surface area contributed by atoms with Gasteiger partial charge in [-0.05, 0) is 40.2 Å². The Morgan fingerprint density at radius 1 is 1.27 bits per heavy atom. The van der Waals surface area contributed by atoms with Gasteiger partial charge in [0.1, 0.15) is 5.01 Å². The fourth-order valence-electron chi connectivity index (χ4n) is 1.85. The van der Waals surface area contributed by atoms with Crippen LogP contribution in [0.2, 0.25) is 0 Å². The lowest BCUT2D eigenvalue weighted by Crippen LogP contribution is -2.24. The van der Waals surface area contributed by atoms with Gasteiger partial charge in [0.2, 0.25) is 5.91 Å². The second kappa shape index (κ2) is 7.13. The summed E-state index contributed by atoms with van der Waals surface area (Å²) in [6.45, 7) is 0.548. The predicted molar refractivity (Wildman–Crippen MR) is 92.9 cm³/mol. The third kappa shape index (κ3) is 4.00. The van der Waals surface area contributed by atoms with Crippen molar-refractivity contribution in [2.75, 3.05) is 0 Å². The molecule has 0 fully saturated rings. The first-order chi connectivity index (χ1) is 10.7. The Morgan fingerprint density at radius 3 is 2.91 bits per heavy atom. The van der Waals surface area contributed by atoms with Gasteiger partial charge in [0, 0.05) is 16.5 Å². The van der Waals surface area contributed by atoms with Gasteiger partial charge in [0.05, 0.1) is 28.1 Å². The molecule has 3 aromatic rings. The maximum Gasteiger partial charge on any atom is 0.226 e. The molecule has 3 rings (SSSR count). The molecule has 0 atom stereocenters. The van der Waals surface area contributed by atoms with Crippen LogP contribution in [-0.4, -0.2) is 15.9 Å². The first kappa shape index (κ1) is 15.3. The summed E-state index contributed by atoms with van der Waals surface area (Å²) in [7, 11) is 0. The molecule has 4 nitrogen and oxygen atoms in total. The monoisotopic (exact) mass is 393 g/mol. The molecule has 0 aromatic carbocycles. The average molecular weight is 394 g/mol. The fraction of sp³-hybridized carbons (Fsp3) is 0.133. The van der Waals surface area contributed by atoms with Gasteiger partial charge in [-0.15, -0.1) is 22.7 Å². The molecule has 0 spiro atoms. The number of carbonyl (C=O) groups excluding carboxylic acids is 1. The van der Waals surface area contributed by atoms with Gasteiger partial charge >= 0.3 is 0 Å². The van der Waals surface area contributed by atoms with Gasteiger partial charge in [-0.1, -0.05) is 6.07 Å². The first-order valence-electron chi connectivity index (χ1n) is 6.57. The molecular weight excluding hydrogens is 382 g/mol. The molecule has 1 N–H and O–H groups in total. The van der Waals surface area contributed by atoms with Crippen LogP contribution in [0.4, 0.5) is 0 Å². The van der Waals surface area contributed by atoms with Gasteiger partial charge < -0.3 is 5.32 Å². The lowest BCUT2D eigenvalue weighted by atomic mass is 10.3. The Kier molecular flexibility index (Phi) is 4.97. The zero-order valence-electron chi connectivity index (χ0n) is 11.5. The van der Waals surface area contributed by atoms with E-state index in [4.69, 9.17) is 0 Å². The molecule has 112 valence electrons. The fourth-order valence-corrected chi connectivity index (χ4v) is 4.07. The number of nitrogens with zero attached hydrogens (tertiary/aromatic N) is 2. The summed E-state index contributed by atoms with van der Waals surface area (Å²) in [6.07, 6.45) is 2.03. The minimum atomic E-state index is -0.0256. The SMILES string of the molecule is O=C(Cc1csc(-c2ccccn2)n1)NCc1ccc(Br)s1. The highest BCUT2D eigenvalue weighted by Crippen LogP contribution is 2.22. The van der Waals surface area contributed by atoms with Crippen molar-refractivity contribution in [3.63, 3.8) is 0 Å². The lowest BCUT2D eigenvalue weighted by molar-refractivity contribution is -0.120. The number of hydrogen-bond acceptors (Lipinski definition) is 5. The third-order valence-corrected chi connectivity index (χ3v) is 5.40. The number of carbonyl (C=O) groups is 1. The second-order valence-electron chi connectivity index (χ2n) is 4.52. The number of amides is 1. The summed E-state index contributed by atoms with van der Waals surface area (Å²) in [5, 5.41) is 5.66. The Morgan fingerprint density at radius 2 is 2.18 bits per heavy atom. The third-order valence-electron chi connectivity index (χ3n) is 2.87. The summed E-state index contributed by atoms with van der Waals surface area (Å²) in [6, 6.07) is 9.68. The molecule has 1 amide bonds. The highest BCUT2D eigenvalue weighted by Gasteiger charge is 2.10. The molecule has 0 unspecified atom stereocenters. The van der Waals surface area contributed by atoms with Crippen molar-refractivity contribution in [3.05, 3.63) is 56.3 Å². The van der Waals surface area contributed by atoms with E-state index in [9.17, 15) is 4.79 Å². The molecule has 7 heteroatoms. The maximum atomic E-state index is 12.0. The van der Waals surface area contributed by atoms with E-state index in [1.807, 2.05) is 35.7 Å². The first-order valence-corrected chi connectivity index (χ1v) is 9.06. The van der Waals surface area contributed by atoms with E-state index in [1.54, 1.807) is 17.5 Å². The van der Waals surface area contributed by atoms with Crippen molar-refractivity contribution in [3.8, 4) is 10.7 Å². The van der Waals surface area contributed by atoms with Crippen molar-refractivity contribution in [2.45, 2.75) is 13.0 Å². The van der Waals surface area contributed by atoms with E-state index in [0.717, 1.165) is 25.1 Å². The van der Waals surface area contributed by atoms with Crippen molar-refractivity contribution < 1.29 is 4.79 Å². The van der Waals surface area contributed by atoms with Crippen LogP contribution in [0, 0.1) is 0 Å². The summed E-state index contributed by atoms with van der Waals surface area (Å²) in [5.74, 6) is -0.0256. The molecule has 0 saturated heterocycles. The number of thiazole rings is 1. The molecule has 0 bridgehead atoms. The van der Waals surface area contributed by atoms with Gasteiger partial charge in [0.25, 0.3) is 0 Å². The van der Waals surface area contributed by atoms with Crippen LogP contribution in [0.5, 0.6) is 0 Å². The minimum absolute atomic E-state index is 0.0256. The van der Waals surface area contributed by atoms with E-state index in [0.29, 0.717) is 6.54 Å². The van der Waals surface area contributed by atoms with Crippen LogP contribution < -0.4 is 5.32 Å². The molecular formula is C15H12BrN3OS2. The molecule has 0 aliphatic heterocycles. The highest BCUT2D eigenvalue weighted by atomic mass is 79.9. The average Bonchev–Trinajstić information content (AvgIpc) is 3.15. The van der Waals surface area contributed by atoms with Gasteiger partial charge in [0.15, 0.2) is 0 Å². The summed E-state index contributed by atoms with van der Waals surface area (Å²) in [4.78, 5) is 21.8. The number of nitrogens with one attached hydrogen (secondary N) is 1. The predicted octanol–water partition coefficient (Wildman–Crippen LogP) is 3.89. The highest BCUT2D eigenvalue weighted by molar-refractivity contribution is 9.11. The largest absolute Gasteiger partial charge is 0.351 e. The molecule has 0 aliphatic rings. The van der Waals surface area contributed by atoms with Crippen LogP contribution in [0.15, 0.2) is 45.7 Å². The van der Waals surface area contributed by atoms with Crippen molar-refractivity contribution >= 4 is 44.5 Å². The van der Waals surface area contributed by atoms with E-state index >= 15 is 0 Å². The molecule has 3 aromatic heterocycles.